The molecule has 0 aromatic carbocycles. The highest BCUT2D eigenvalue weighted by Crippen LogP contribution is 2.54. The van der Waals surface area contributed by atoms with E-state index >= 15 is 0 Å². The van der Waals surface area contributed by atoms with Crippen LogP contribution in [0.5, 0.6) is 0 Å². The molecule has 0 N–H and O–H groups in total. The van der Waals surface area contributed by atoms with Crippen LogP contribution in [0.1, 0.15) is 27.7 Å². The standard InChI is InChI=1S/C8H16ClO4P/c1-7(2)12-14(10,11-6-9)13-8(3,4)5/h1,6H2,2-5H3. The summed E-state index contributed by atoms with van der Waals surface area (Å²) in [5.74, 6) is 0.252. The predicted molar refractivity (Wildman–Crippen MR) is 56.1 cm³/mol. The van der Waals surface area contributed by atoms with Crippen LogP contribution in [0.2, 0.25) is 0 Å². The topological polar surface area (TPSA) is 44.8 Å². The Morgan fingerprint density at radius 1 is 1.50 bits per heavy atom. The largest absolute Gasteiger partial charge is 0.531 e. The average Bonchev–Trinajstić information content (AvgIpc) is 1.78. The third kappa shape index (κ3) is 6.44. The molecule has 0 spiro atoms. The van der Waals surface area contributed by atoms with Crippen molar-refractivity contribution in [3.05, 3.63) is 12.3 Å². The second kappa shape index (κ2) is 5.17. The quantitative estimate of drug-likeness (QED) is 0.419. The van der Waals surface area contributed by atoms with E-state index in [-0.39, 0.29) is 11.8 Å². The lowest BCUT2D eigenvalue weighted by Crippen LogP contribution is -2.18. The van der Waals surface area contributed by atoms with Crippen molar-refractivity contribution in [1.29, 1.82) is 0 Å². The fraction of sp³-hybridized carbons (Fsp3) is 0.750. The zero-order valence-electron chi connectivity index (χ0n) is 8.87. The van der Waals surface area contributed by atoms with Gasteiger partial charge in [-0.15, -0.1) is 0 Å². The number of allylic oxidation sites excluding steroid dienone is 1. The first-order valence-electron chi connectivity index (χ1n) is 4.05. The molecule has 1 atom stereocenters. The summed E-state index contributed by atoms with van der Waals surface area (Å²) < 4.78 is 26.6. The highest BCUT2D eigenvalue weighted by Gasteiger charge is 2.33. The summed E-state index contributed by atoms with van der Waals surface area (Å²) in [5.41, 5.74) is -0.642. The van der Waals surface area contributed by atoms with Crippen molar-refractivity contribution in [3.63, 3.8) is 0 Å². The van der Waals surface area contributed by atoms with Gasteiger partial charge in [0.1, 0.15) is 6.07 Å². The first kappa shape index (κ1) is 14.0. The molecule has 0 aliphatic carbocycles. The predicted octanol–water partition coefficient (Wildman–Crippen LogP) is 3.67. The molecule has 0 aromatic heterocycles. The van der Waals surface area contributed by atoms with Crippen LogP contribution in [-0.2, 0) is 18.1 Å². The summed E-state index contributed by atoms with van der Waals surface area (Å²) in [4.78, 5) is 0. The number of halogens is 1. The van der Waals surface area contributed by atoms with Crippen molar-refractivity contribution in [2.75, 3.05) is 6.07 Å². The number of hydrogen-bond acceptors (Lipinski definition) is 4. The Morgan fingerprint density at radius 2 is 2.00 bits per heavy atom. The molecule has 0 bridgehead atoms. The maximum atomic E-state index is 11.8. The first-order valence-corrected chi connectivity index (χ1v) is 6.04. The van der Waals surface area contributed by atoms with E-state index < -0.39 is 13.4 Å². The molecule has 6 heteroatoms. The van der Waals surface area contributed by atoms with Gasteiger partial charge in [0.2, 0.25) is 0 Å². The van der Waals surface area contributed by atoms with Crippen molar-refractivity contribution in [2.45, 2.75) is 33.3 Å². The van der Waals surface area contributed by atoms with Gasteiger partial charge in [-0.05, 0) is 27.7 Å². The lowest BCUT2D eigenvalue weighted by molar-refractivity contribution is 0.0618. The highest BCUT2D eigenvalue weighted by atomic mass is 35.5. The molecule has 0 fully saturated rings. The molecule has 0 radical (unpaired) electrons. The molecule has 0 amide bonds. The Kier molecular flexibility index (Phi) is 5.16. The first-order chi connectivity index (χ1) is 6.18. The van der Waals surface area contributed by atoms with Gasteiger partial charge in [-0.3, -0.25) is 9.05 Å². The maximum absolute atomic E-state index is 11.8. The molecule has 0 heterocycles. The fourth-order valence-electron chi connectivity index (χ4n) is 0.657. The van der Waals surface area contributed by atoms with E-state index in [4.69, 9.17) is 25.2 Å². The molecule has 14 heavy (non-hydrogen) atoms. The van der Waals surface area contributed by atoms with Crippen LogP contribution in [0.25, 0.3) is 0 Å². The van der Waals surface area contributed by atoms with E-state index in [0.29, 0.717) is 0 Å². The van der Waals surface area contributed by atoms with Gasteiger partial charge in [0.25, 0.3) is 0 Å². The van der Waals surface area contributed by atoms with Gasteiger partial charge >= 0.3 is 7.82 Å². The molecule has 0 aromatic rings. The number of alkyl halides is 1. The Hall–Kier alpha value is -0.0200. The zero-order valence-corrected chi connectivity index (χ0v) is 10.5. The fourth-order valence-corrected chi connectivity index (χ4v) is 2.33. The summed E-state index contributed by atoms with van der Waals surface area (Å²) in [7, 11) is -3.63. The van der Waals surface area contributed by atoms with E-state index in [2.05, 4.69) is 6.58 Å². The van der Waals surface area contributed by atoms with Crippen LogP contribution in [0.15, 0.2) is 12.3 Å². The number of rotatable bonds is 5. The average molecular weight is 243 g/mol. The second-order valence-corrected chi connectivity index (χ2v) is 5.42. The van der Waals surface area contributed by atoms with Crippen LogP contribution >= 0.6 is 19.4 Å². The monoisotopic (exact) mass is 242 g/mol. The molecule has 84 valence electrons. The van der Waals surface area contributed by atoms with Crippen molar-refractivity contribution >= 4 is 19.4 Å². The van der Waals surface area contributed by atoms with Crippen LogP contribution in [0.4, 0.5) is 0 Å². The normalized spacial score (nSPS) is 16.1. The minimum atomic E-state index is -3.63. The SMILES string of the molecule is C=C(C)OP(=O)(OCCl)OC(C)(C)C. The van der Waals surface area contributed by atoms with Gasteiger partial charge in [0.05, 0.1) is 11.4 Å². The highest BCUT2D eigenvalue weighted by molar-refractivity contribution is 7.48. The van der Waals surface area contributed by atoms with Gasteiger partial charge in [0.15, 0.2) is 0 Å². The van der Waals surface area contributed by atoms with Crippen molar-refractivity contribution in [1.82, 2.24) is 0 Å². The van der Waals surface area contributed by atoms with Crippen LogP contribution in [0.3, 0.4) is 0 Å². The number of phosphoric ester groups is 1. The third-order valence-corrected chi connectivity index (χ3v) is 2.87. The van der Waals surface area contributed by atoms with Gasteiger partial charge in [-0.25, -0.2) is 4.57 Å². The molecule has 0 rings (SSSR count). The smallest absolute Gasteiger partial charge is 0.409 e. The van der Waals surface area contributed by atoms with E-state index in [9.17, 15) is 4.57 Å². The van der Waals surface area contributed by atoms with Gasteiger partial charge in [0, 0.05) is 0 Å². The molecule has 1 unspecified atom stereocenters. The number of phosphoric acid groups is 1. The lowest BCUT2D eigenvalue weighted by Gasteiger charge is -2.25. The maximum Gasteiger partial charge on any atom is 0.531 e. The van der Waals surface area contributed by atoms with Crippen molar-refractivity contribution in [2.24, 2.45) is 0 Å². The summed E-state index contributed by atoms with van der Waals surface area (Å²) in [6.07, 6.45) is 0. The molecule has 0 aliphatic heterocycles. The third-order valence-electron chi connectivity index (χ3n) is 0.860. The van der Waals surface area contributed by atoms with Crippen LogP contribution < -0.4 is 0 Å². The molecule has 0 saturated carbocycles. The van der Waals surface area contributed by atoms with E-state index in [1.54, 1.807) is 27.7 Å². The lowest BCUT2D eigenvalue weighted by atomic mass is 10.2. The summed E-state index contributed by atoms with van der Waals surface area (Å²) in [6, 6.07) is -0.263. The van der Waals surface area contributed by atoms with Crippen LogP contribution in [-0.4, -0.2) is 11.7 Å². The molecule has 4 nitrogen and oxygen atoms in total. The Bertz CT molecular complexity index is 246. The number of hydrogen-bond donors (Lipinski definition) is 0. The zero-order chi connectivity index (χ0) is 11.4. The van der Waals surface area contributed by atoms with Gasteiger partial charge in [-0.1, -0.05) is 18.2 Å². The van der Waals surface area contributed by atoms with Crippen LogP contribution in [0, 0.1) is 0 Å². The summed E-state index contributed by atoms with van der Waals surface area (Å²) in [6.45, 7) is 10.2. The molecule has 0 aliphatic rings. The van der Waals surface area contributed by atoms with Gasteiger partial charge < -0.3 is 4.52 Å². The van der Waals surface area contributed by atoms with E-state index in [0.717, 1.165) is 0 Å². The molecule has 0 saturated heterocycles. The second-order valence-electron chi connectivity index (χ2n) is 3.68. The van der Waals surface area contributed by atoms with Crippen molar-refractivity contribution in [3.8, 4) is 0 Å². The van der Waals surface area contributed by atoms with E-state index in [1.165, 1.54) is 0 Å². The summed E-state index contributed by atoms with van der Waals surface area (Å²) >= 11 is 5.31. The minimum absolute atomic E-state index is 0.252. The van der Waals surface area contributed by atoms with Crippen molar-refractivity contribution < 1.29 is 18.1 Å². The van der Waals surface area contributed by atoms with E-state index in [1.807, 2.05) is 0 Å². The molecular weight excluding hydrogens is 227 g/mol. The summed E-state index contributed by atoms with van der Waals surface area (Å²) in [5, 5.41) is 0. The Labute approximate surface area is 89.8 Å². The Morgan fingerprint density at radius 3 is 2.29 bits per heavy atom. The Balaban J connectivity index is 4.56. The minimum Gasteiger partial charge on any atom is -0.409 e. The van der Waals surface area contributed by atoms with Gasteiger partial charge in [-0.2, -0.15) is 0 Å². The molecular formula is C8H16ClO4P.